The number of benzene rings is 2. The summed E-state index contributed by atoms with van der Waals surface area (Å²) in [5, 5.41) is 3.64. The number of halogens is 2. The summed E-state index contributed by atoms with van der Waals surface area (Å²) in [7, 11) is 0. The van der Waals surface area contributed by atoms with Gasteiger partial charge in [0.1, 0.15) is 17.7 Å². The van der Waals surface area contributed by atoms with Crippen molar-refractivity contribution in [2.75, 3.05) is 5.32 Å². The number of fused-ring (bicyclic) bond motifs is 1. The molecule has 1 N–H and O–H groups in total. The molecule has 0 aliphatic rings. The second-order valence-corrected chi connectivity index (χ2v) is 5.11. The van der Waals surface area contributed by atoms with Gasteiger partial charge in [0.05, 0.1) is 4.47 Å². The Labute approximate surface area is 122 Å². The summed E-state index contributed by atoms with van der Waals surface area (Å²) >= 11 is 3.37. The first-order chi connectivity index (χ1) is 9.63. The molecule has 0 aliphatic carbocycles. The van der Waals surface area contributed by atoms with Gasteiger partial charge in [-0.2, -0.15) is 0 Å². The lowest BCUT2D eigenvalue weighted by Gasteiger charge is -2.05. The molecule has 0 aliphatic heterocycles. The van der Waals surface area contributed by atoms with Crippen LogP contribution in [0.15, 0.2) is 57.6 Å². The van der Waals surface area contributed by atoms with E-state index in [2.05, 4.69) is 21.2 Å². The SMILES string of the molecule is O=C(Nc1ccc2occ(Br)c2c1)c1ccc(F)cc1. The number of rotatable bonds is 2. The first kappa shape index (κ1) is 12.9. The molecule has 3 rings (SSSR count). The Kier molecular flexibility index (Phi) is 3.28. The highest BCUT2D eigenvalue weighted by molar-refractivity contribution is 9.10. The minimum Gasteiger partial charge on any atom is -0.463 e. The first-order valence-corrected chi connectivity index (χ1v) is 6.66. The fourth-order valence-electron chi connectivity index (χ4n) is 1.88. The molecular formula is C15H9BrFNO2. The van der Waals surface area contributed by atoms with E-state index in [-0.39, 0.29) is 11.7 Å². The van der Waals surface area contributed by atoms with Gasteiger partial charge in [-0.3, -0.25) is 4.79 Å². The summed E-state index contributed by atoms with van der Waals surface area (Å²) in [6.07, 6.45) is 1.59. The molecule has 100 valence electrons. The minimum atomic E-state index is -0.370. The number of carbonyl (C=O) groups excluding carboxylic acids is 1. The summed E-state index contributed by atoms with van der Waals surface area (Å²) in [6, 6.07) is 10.7. The maximum Gasteiger partial charge on any atom is 0.255 e. The van der Waals surface area contributed by atoms with Crippen LogP contribution >= 0.6 is 15.9 Å². The van der Waals surface area contributed by atoms with Crippen LogP contribution in [0, 0.1) is 5.82 Å². The van der Waals surface area contributed by atoms with E-state index in [0.717, 1.165) is 15.4 Å². The van der Waals surface area contributed by atoms with Gasteiger partial charge in [-0.1, -0.05) is 0 Å². The van der Waals surface area contributed by atoms with Crippen LogP contribution in [0.5, 0.6) is 0 Å². The lowest BCUT2D eigenvalue weighted by molar-refractivity contribution is 0.102. The summed E-state index contributed by atoms with van der Waals surface area (Å²) in [5.74, 6) is -0.658. The molecule has 3 aromatic rings. The molecule has 2 aromatic carbocycles. The van der Waals surface area contributed by atoms with Crippen LogP contribution in [0.2, 0.25) is 0 Å². The fraction of sp³-hybridized carbons (Fsp3) is 0. The lowest BCUT2D eigenvalue weighted by atomic mass is 10.2. The van der Waals surface area contributed by atoms with Crippen LogP contribution in [0.4, 0.5) is 10.1 Å². The topological polar surface area (TPSA) is 42.2 Å². The standard InChI is InChI=1S/C15H9BrFNO2/c16-13-8-20-14-6-5-11(7-12(13)14)18-15(19)9-1-3-10(17)4-2-9/h1-8H,(H,18,19). The molecule has 0 spiro atoms. The maximum absolute atomic E-state index is 12.8. The second kappa shape index (κ2) is 5.09. The lowest BCUT2D eigenvalue weighted by Crippen LogP contribution is -2.11. The third kappa shape index (κ3) is 2.44. The van der Waals surface area contributed by atoms with E-state index >= 15 is 0 Å². The molecule has 5 heteroatoms. The first-order valence-electron chi connectivity index (χ1n) is 5.87. The molecule has 0 bridgehead atoms. The predicted molar refractivity (Wildman–Crippen MR) is 78.3 cm³/mol. The molecule has 0 saturated carbocycles. The molecule has 0 atom stereocenters. The Morgan fingerprint density at radius 2 is 1.90 bits per heavy atom. The summed E-state index contributed by atoms with van der Waals surface area (Å²) in [5.41, 5.74) is 1.78. The minimum absolute atomic E-state index is 0.288. The zero-order chi connectivity index (χ0) is 14.1. The van der Waals surface area contributed by atoms with Gasteiger partial charge in [-0.15, -0.1) is 0 Å². The highest BCUT2D eigenvalue weighted by Crippen LogP contribution is 2.28. The van der Waals surface area contributed by atoms with Crippen molar-refractivity contribution < 1.29 is 13.6 Å². The highest BCUT2D eigenvalue weighted by Gasteiger charge is 2.08. The molecule has 0 fully saturated rings. The van der Waals surface area contributed by atoms with Gasteiger partial charge in [0.15, 0.2) is 0 Å². The third-order valence-electron chi connectivity index (χ3n) is 2.89. The van der Waals surface area contributed by atoms with Crippen LogP contribution in [0.1, 0.15) is 10.4 Å². The van der Waals surface area contributed by atoms with Crippen molar-refractivity contribution in [3.05, 3.63) is 64.6 Å². The van der Waals surface area contributed by atoms with Crippen molar-refractivity contribution in [2.45, 2.75) is 0 Å². The molecule has 0 radical (unpaired) electrons. The van der Waals surface area contributed by atoms with Gasteiger partial charge in [-0.05, 0) is 58.4 Å². The quantitative estimate of drug-likeness (QED) is 0.745. The van der Waals surface area contributed by atoms with Gasteiger partial charge in [0, 0.05) is 16.6 Å². The number of furan rings is 1. The van der Waals surface area contributed by atoms with Gasteiger partial charge >= 0.3 is 0 Å². The largest absolute Gasteiger partial charge is 0.463 e. The van der Waals surface area contributed by atoms with E-state index in [1.54, 1.807) is 18.4 Å². The van der Waals surface area contributed by atoms with Crippen molar-refractivity contribution in [2.24, 2.45) is 0 Å². The Balaban J connectivity index is 1.86. The predicted octanol–water partition coefficient (Wildman–Crippen LogP) is 4.59. The van der Waals surface area contributed by atoms with Crippen LogP contribution in [0.25, 0.3) is 11.0 Å². The number of anilines is 1. The Morgan fingerprint density at radius 1 is 1.15 bits per heavy atom. The molecule has 1 heterocycles. The van der Waals surface area contributed by atoms with Crippen molar-refractivity contribution in [1.29, 1.82) is 0 Å². The van der Waals surface area contributed by atoms with Gasteiger partial charge in [0.25, 0.3) is 5.91 Å². The Hall–Kier alpha value is -2.14. The number of hydrogen-bond donors (Lipinski definition) is 1. The van der Waals surface area contributed by atoms with Crippen LogP contribution < -0.4 is 5.32 Å². The van der Waals surface area contributed by atoms with Crippen LogP contribution in [-0.2, 0) is 0 Å². The normalized spacial score (nSPS) is 10.7. The zero-order valence-corrected chi connectivity index (χ0v) is 11.8. The summed E-state index contributed by atoms with van der Waals surface area (Å²) in [4.78, 5) is 12.0. The van der Waals surface area contributed by atoms with E-state index in [1.807, 2.05) is 6.07 Å². The smallest absolute Gasteiger partial charge is 0.255 e. The number of carbonyl (C=O) groups is 1. The van der Waals surface area contributed by atoms with E-state index in [4.69, 9.17) is 4.42 Å². The molecule has 20 heavy (non-hydrogen) atoms. The van der Waals surface area contributed by atoms with E-state index < -0.39 is 0 Å². The monoisotopic (exact) mass is 333 g/mol. The number of amides is 1. The van der Waals surface area contributed by atoms with Crippen molar-refractivity contribution in [1.82, 2.24) is 0 Å². The molecule has 0 unspecified atom stereocenters. The van der Waals surface area contributed by atoms with Crippen molar-refractivity contribution >= 4 is 38.5 Å². The zero-order valence-electron chi connectivity index (χ0n) is 10.2. The van der Waals surface area contributed by atoms with Gasteiger partial charge in [0.2, 0.25) is 0 Å². The van der Waals surface area contributed by atoms with Crippen molar-refractivity contribution in [3.8, 4) is 0 Å². The Bertz CT molecular complexity index is 780. The Morgan fingerprint density at radius 3 is 2.65 bits per heavy atom. The molecule has 3 nitrogen and oxygen atoms in total. The fourth-order valence-corrected chi connectivity index (χ4v) is 2.28. The van der Waals surface area contributed by atoms with E-state index in [1.165, 1.54) is 24.3 Å². The van der Waals surface area contributed by atoms with E-state index in [0.29, 0.717) is 11.3 Å². The highest BCUT2D eigenvalue weighted by atomic mass is 79.9. The summed E-state index contributed by atoms with van der Waals surface area (Å²) in [6.45, 7) is 0. The van der Waals surface area contributed by atoms with Crippen LogP contribution in [0.3, 0.4) is 0 Å². The molecular weight excluding hydrogens is 325 g/mol. The molecule has 1 aromatic heterocycles. The average Bonchev–Trinajstić information content (AvgIpc) is 2.81. The maximum atomic E-state index is 12.8. The number of hydrogen-bond acceptors (Lipinski definition) is 2. The van der Waals surface area contributed by atoms with Crippen molar-refractivity contribution in [3.63, 3.8) is 0 Å². The second-order valence-electron chi connectivity index (χ2n) is 4.26. The third-order valence-corrected chi connectivity index (χ3v) is 3.50. The summed E-state index contributed by atoms with van der Waals surface area (Å²) < 4.78 is 18.9. The number of nitrogens with one attached hydrogen (secondary N) is 1. The van der Waals surface area contributed by atoms with Gasteiger partial charge in [-0.25, -0.2) is 4.39 Å². The molecule has 1 amide bonds. The molecule has 0 saturated heterocycles. The van der Waals surface area contributed by atoms with Gasteiger partial charge < -0.3 is 9.73 Å². The average molecular weight is 334 g/mol. The van der Waals surface area contributed by atoms with Crippen LogP contribution in [-0.4, -0.2) is 5.91 Å². The van der Waals surface area contributed by atoms with E-state index in [9.17, 15) is 9.18 Å².